The second kappa shape index (κ2) is 4.11. The fourth-order valence-corrected chi connectivity index (χ4v) is 2.07. The van der Waals surface area contributed by atoms with Crippen LogP contribution in [-0.2, 0) is 11.2 Å². The van der Waals surface area contributed by atoms with Gasteiger partial charge in [0.2, 0.25) is 5.91 Å². The molecule has 2 heterocycles. The Balaban J connectivity index is 2.30. The summed E-state index contributed by atoms with van der Waals surface area (Å²) in [6, 6.07) is 3.73. The highest BCUT2D eigenvalue weighted by atomic mass is 16.3. The number of anilines is 1. The molecule has 1 atom stereocenters. The van der Waals surface area contributed by atoms with Crippen molar-refractivity contribution < 1.29 is 9.90 Å². The van der Waals surface area contributed by atoms with Crippen molar-refractivity contribution >= 4 is 11.7 Å². The van der Waals surface area contributed by atoms with Crippen LogP contribution in [-0.4, -0.2) is 22.2 Å². The van der Waals surface area contributed by atoms with Gasteiger partial charge in [0.05, 0.1) is 0 Å². The molecule has 2 rings (SSSR count). The molecule has 1 amide bonds. The lowest BCUT2D eigenvalue weighted by Gasteiger charge is -2.26. The van der Waals surface area contributed by atoms with Crippen molar-refractivity contribution in [3.8, 4) is 0 Å². The lowest BCUT2D eigenvalue weighted by Crippen LogP contribution is -2.38. The van der Waals surface area contributed by atoms with Crippen LogP contribution in [0.25, 0.3) is 0 Å². The molecule has 0 radical (unpaired) electrons. The Morgan fingerprint density at radius 1 is 1.53 bits per heavy atom. The van der Waals surface area contributed by atoms with Gasteiger partial charge >= 0.3 is 0 Å². The third-order valence-corrected chi connectivity index (χ3v) is 3.28. The minimum Gasteiger partial charge on any atom is -0.372 e. The number of carbonyl (C=O) groups excluding carboxylic acids is 1. The molecule has 1 unspecified atom stereocenters. The van der Waals surface area contributed by atoms with Crippen molar-refractivity contribution in [2.75, 3.05) is 4.90 Å². The van der Waals surface area contributed by atoms with Gasteiger partial charge in [0, 0.05) is 18.0 Å². The van der Waals surface area contributed by atoms with Gasteiger partial charge in [0.25, 0.3) is 0 Å². The second-order valence-corrected chi connectivity index (χ2v) is 5.18. The lowest BCUT2D eigenvalue weighted by molar-refractivity contribution is -0.117. The van der Waals surface area contributed by atoms with E-state index in [4.69, 9.17) is 0 Å². The highest BCUT2D eigenvalue weighted by Gasteiger charge is 2.45. The molecule has 0 aromatic carbocycles. The molecule has 1 aliphatic rings. The van der Waals surface area contributed by atoms with Crippen molar-refractivity contribution in [3.63, 3.8) is 0 Å². The number of aliphatic hydroxyl groups excluding tert-OH is 1. The number of nitrogens with zero attached hydrogens (tertiary/aromatic N) is 2. The van der Waals surface area contributed by atoms with Crippen LogP contribution >= 0.6 is 0 Å². The zero-order valence-electron chi connectivity index (χ0n) is 10.5. The monoisotopic (exact) mass is 234 g/mol. The molecule has 0 spiro atoms. The van der Waals surface area contributed by atoms with E-state index in [1.54, 1.807) is 12.3 Å². The summed E-state index contributed by atoms with van der Waals surface area (Å²) in [5.74, 6) is 0.463. The topological polar surface area (TPSA) is 53.4 Å². The smallest absolute Gasteiger partial charge is 0.231 e. The van der Waals surface area contributed by atoms with Crippen LogP contribution in [0.3, 0.4) is 0 Å². The molecule has 92 valence electrons. The minimum atomic E-state index is -0.796. The van der Waals surface area contributed by atoms with Crippen molar-refractivity contribution in [3.05, 3.63) is 23.9 Å². The summed E-state index contributed by atoms with van der Waals surface area (Å²) in [5, 5.41) is 10.1. The van der Waals surface area contributed by atoms with Gasteiger partial charge in [-0.1, -0.05) is 26.8 Å². The van der Waals surface area contributed by atoms with Crippen LogP contribution < -0.4 is 4.90 Å². The van der Waals surface area contributed by atoms with Gasteiger partial charge in [0.1, 0.15) is 12.0 Å². The Morgan fingerprint density at radius 2 is 2.24 bits per heavy atom. The van der Waals surface area contributed by atoms with Crippen molar-refractivity contribution in [2.24, 2.45) is 5.41 Å². The minimum absolute atomic E-state index is 0.0701. The Labute approximate surface area is 101 Å². The van der Waals surface area contributed by atoms with Gasteiger partial charge in [0.15, 0.2) is 0 Å². The number of pyridine rings is 1. The third-order valence-electron chi connectivity index (χ3n) is 3.28. The van der Waals surface area contributed by atoms with Gasteiger partial charge in [-0.2, -0.15) is 0 Å². The Morgan fingerprint density at radius 3 is 2.65 bits per heavy atom. The highest BCUT2D eigenvalue weighted by Crippen LogP contribution is 2.37. The van der Waals surface area contributed by atoms with Crippen molar-refractivity contribution in [2.45, 2.75) is 39.8 Å². The molecule has 0 bridgehead atoms. The van der Waals surface area contributed by atoms with Crippen molar-refractivity contribution in [1.82, 2.24) is 4.98 Å². The first-order valence-corrected chi connectivity index (χ1v) is 5.91. The largest absolute Gasteiger partial charge is 0.372 e. The summed E-state index contributed by atoms with van der Waals surface area (Å²) in [6.45, 7) is 5.82. The van der Waals surface area contributed by atoms with E-state index in [9.17, 15) is 9.90 Å². The maximum Gasteiger partial charge on any atom is 0.231 e. The number of aliphatic hydroxyl groups is 1. The van der Waals surface area contributed by atoms with Gasteiger partial charge < -0.3 is 5.11 Å². The molecular formula is C13H18N2O2. The van der Waals surface area contributed by atoms with Gasteiger partial charge in [-0.15, -0.1) is 0 Å². The van der Waals surface area contributed by atoms with Crippen LogP contribution in [0.2, 0.25) is 0 Å². The van der Waals surface area contributed by atoms with E-state index >= 15 is 0 Å². The first-order valence-electron chi connectivity index (χ1n) is 5.91. The molecule has 17 heavy (non-hydrogen) atoms. The first kappa shape index (κ1) is 12.0. The average molecular weight is 234 g/mol. The summed E-state index contributed by atoms with van der Waals surface area (Å²) in [7, 11) is 0. The molecule has 4 nitrogen and oxygen atoms in total. The molecule has 1 aromatic heterocycles. The van der Waals surface area contributed by atoms with Crippen molar-refractivity contribution in [1.29, 1.82) is 0 Å². The fraction of sp³-hybridized carbons (Fsp3) is 0.538. The summed E-state index contributed by atoms with van der Waals surface area (Å²) in [4.78, 5) is 17.5. The lowest BCUT2D eigenvalue weighted by atomic mass is 9.91. The molecule has 0 aliphatic carbocycles. The van der Waals surface area contributed by atoms with E-state index in [-0.39, 0.29) is 5.91 Å². The molecule has 1 fully saturated rings. The normalized spacial score (nSPS) is 23.2. The second-order valence-electron chi connectivity index (χ2n) is 5.18. The number of rotatable bonds is 2. The maximum absolute atomic E-state index is 11.9. The zero-order chi connectivity index (χ0) is 12.6. The number of amides is 1. The van der Waals surface area contributed by atoms with Gasteiger partial charge in [-0.3, -0.25) is 9.69 Å². The Bertz CT molecular complexity index is 426. The van der Waals surface area contributed by atoms with E-state index in [0.29, 0.717) is 12.2 Å². The quantitative estimate of drug-likeness (QED) is 0.847. The summed E-state index contributed by atoms with van der Waals surface area (Å²) in [5.41, 5.74) is 0.705. The van der Waals surface area contributed by atoms with E-state index < -0.39 is 11.6 Å². The molecular weight excluding hydrogens is 216 g/mol. The molecule has 1 aromatic rings. The summed E-state index contributed by atoms with van der Waals surface area (Å²) in [6.07, 6.45) is 2.22. The number of aromatic nitrogens is 1. The van der Waals surface area contributed by atoms with Crippen LogP contribution in [0.4, 0.5) is 5.82 Å². The molecule has 1 saturated heterocycles. The summed E-state index contributed by atoms with van der Waals surface area (Å²) >= 11 is 0. The molecule has 1 N–H and O–H groups in total. The Hall–Kier alpha value is -1.42. The van der Waals surface area contributed by atoms with E-state index in [1.165, 1.54) is 4.90 Å². The number of carbonyl (C=O) groups is 1. The van der Waals surface area contributed by atoms with E-state index in [0.717, 1.165) is 12.0 Å². The van der Waals surface area contributed by atoms with Crippen LogP contribution in [0.1, 0.15) is 32.8 Å². The predicted octanol–water partition coefficient (Wildman–Crippen LogP) is 1.73. The first-order chi connectivity index (χ1) is 7.95. The maximum atomic E-state index is 11.9. The zero-order valence-corrected chi connectivity index (χ0v) is 10.5. The van der Waals surface area contributed by atoms with Crippen LogP contribution in [0.5, 0.6) is 0 Å². The molecule has 0 saturated carbocycles. The van der Waals surface area contributed by atoms with E-state index in [1.807, 2.05) is 19.9 Å². The Kier molecular flexibility index (Phi) is 2.91. The SMILES string of the molecule is CCc1ccc(N2C(=O)CC(C)(C)C2O)nc1. The molecule has 4 heteroatoms. The number of aryl methyl sites for hydroxylation is 1. The highest BCUT2D eigenvalue weighted by molar-refractivity contribution is 5.95. The number of hydrogen-bond acceptors (Lipinski definition) is 3. The fourth-order valence-electron chi connectivity index (χ4n) is 2.07. The van der Waals surface area contributed by atoms with Crippen LogP contribution in [0.15, 0.2) is 18.3 Å². The van der Waals surface area contributed by atoms with Gasteiger partial charge in [-0.25, -0.2) is 4.98 Å². The van der Waals surface area contributed by atoms with E-state index in [2.05, 4.69) is 11.9 Å². The average Bonchev–Trinajstić information content (AvgIpc) is 2.49. The van der Waals surface area contributed by atoms with Crippen LogP contribution in [0, 0.1) is 5.41 Å². The summed E-state index contributed by atoms with van der Waals surface area (Å²) < 4.78 is 0. The molecule has 1 aliphatic heterocycles. The predicted molar refractivity (Wildman–Crippen MR) is 65.5 cm³/mol. The third kappa shape index (κ3) is 2.05. The number of hydrogen-bond donors (Lipinski definition) is 1. The van der Waals surface area contributed by atoms with Gasteiger partial charge in [-0.05, 0) is 18.1 Å². The standard InChI is InChI=1S/C13H18N2O2/c1-4-9-5-6-10(14-8-9)15-11(16)7-13(2,3)12(15)17/h5-6,8,12,17H,4,7H2,1-3H3.